The Labute approximate surface area is 224 Å². The van der Waals surface area contributed by atoms with E-state index in [0.717, 1.165) is 27.1 Å². The zero-order chi connectivity index (χ0) is 26.8. The van der Waals surface area contributed by atoms with Gasteiger partial charge in [-0.2, -0.15) is 0 Å². The van der Waals surface area contributed by atoms with E-state index in [0.29, 0.717) is 24.5 Å². The molecule has 192 valence electrons. The van der Waals surface area contributed by atoms with Crippen LogP contribution in [0.5, 0.6) is 11.5 Å². The highest BCUT2D eigenvalue weighted by Gasteiger charge is 2.37. The predicted molar refractivity (Wildman–Crippen MR) is 146 cm³/mol. The van der Waals surface area contributed by atoms with Gasteiger partial charge in [0, 0.05) is 22.7 Å². The van der Waals surface area contributed by atoms with Crippen LogP contribution in [0.3, 0.4) is 0 Å². The monoisotopic (exact) mass is 529 g/mol. The number of ether oxygens (including phenoxy) is 2. The quantitative estimate of drug-likeness (QED) is 0.257. The first kappa shape index (κ1) is 25.1. The minimum Gasteiger partial charge on any atom is -0.495 e. The van der Waals surface area contributed by atoms with E-state index >= 15 is 0 Å². The van der Waals surface area contributed by atoms with Crippen molar-refractivity contribution in [1.29, 1.82) is 0 Å². The average Bonchev–Trinajstić information content (AvgIpc) is 3.25. The smallest absolute Gasteiger partial charge is 0.335 e. The van der Waals surface area contributed by atoms with Crippen LogP contribution in [0.1, 0.15) is 11.1 Å². The van der Waals surface area contributed by atoms with Gasteiger partial charge in [0.25, 0.3) is 11.8 Å². The second kappa shape index (κ2) is 10.4. The summed E-state index contributed by atoms with van der Waals surface area (Å²) in [4.78, 5) is 39.6. The number of nitrogens with one attached hydrogen (secondary N) is 1. The Balaban J connectivity index is 1.45. The molecule has 1 aliphatic heterocycles. The van der Waals surface area contributed by atoms with Crippen LogP contribution in [0.15, 0.2) is 78.5 Å². The van der Waals surface area contributed by atoms with Gasteiger partial charge in [0.1, 0.15) is 23.7 Å². The standard InChI is InChI=1S/C29H24ClN3O5/c1-18-7-10-21(11-8-18)38-14-13-32-17-19(22-5-3-4-6-25(22)32)15-23-27(34)31-29(36)33(28(23)35)20-9-12-26(37-2)24(30)16-20/h3-12,15-17H,13-14H2,1-2H3,(H,31,34,36)/b23-15-. The number of halogens is 1. The molecule has 4 aromatic rings. The summed E-state index contributed by atoms with van der Waals surface area (Å²) in [5.74, 6) is -0.344. The summed E-state index contributed by atoms with van der Waals surface area (Å²) >= 11 is 6.21. The summed E-state index contributed by atoms with van der Waals surface area (Å²) in [7, 11) is 1.46. The lowest BCUT2D eigenvalue weighted by molar-refractivity contribution is -0.122. The molecule has 5 rings (SSSR count). The fourth-order valence-corrected chi connectivity index (χ4v) is 4.57. The Hall–Kier alpha value is -4.56. The molecule has 0 radical (unpaired) electrons. The van der Waals surface area contributed by atoms with E-state index in [9.17, 15) is 14.4 Å². The van der Waals surface area contributed by atoms with Crippen molar-refractivity contribution in [3.05, 3.63) is 94.6 Å². The second-order valence-corrected chi connectivity index (χ2v) is 9.14. The fourth-order valence-electron chi connectivity index (χ4n) is 4.31. The largest absolute Gasteiger partial charge is 0.495 e. The minimum atomic E-state index is -0.853. The van der Waals surface area contributed by atoms with Crippen molar-refractivity contribution < 1.29 is 23.9 Å². The number of para-hydroxylation sites is 1. The molecule has 8 nitrogen and oxygen atoms in total. The molecule has 0 spiro atoms. The third kappa shape index (κ3) is 4.86. The number of carbonyl (C=O) groups is 3. The number of nitrogens with zero attached hydrogens (tertiary/aromatic N) is 2. The summed E-state index contributed by atoms with van der Waals surface area (Å²) in [5.41, 5.74) is 2.78. The van der Waals surface area contributed by atoms with Crippen LogP contribution in [-0.4, -0.2) is 36.1 Å². The number of hydrogen-bond acceptors (Lipinski definition) is 5. The SMILES string of the molecule is COc1ccc(N2C(=O)NC(=O)/C(=C/c3cn(CCOc4ccc(C)cc4)c4ccccc34)C2=O)cc1Cl. The third-order valence-electron chi connectivity index (χ3n) is 6.24. The van der Waals surface area contributed by atoms with Crippen molar-refractivity contribution in [2.24, 2.45) is 0 Å². The number of benzene rings is 3. The Morgan fingerprint density at radius 1 is 1.00 bits per heavy atom. The van der Waals surface area contributed by atoms with Crippen molar-refractivity contribution >= 4 is 52.1 Å². The normalized spacial score (nSPS) is 14.8. The first-order valence-corrected chi connectivity index (χ1v) is 12.3. The van der Waals surface area contributed by atoms with Crippen LogP contribution in [0.2, 0.25) is 5.02 Å². The number of methoxy groups -OCH3 is 1. The molecule has 3 aromatic carbocycles. The highest BCUT2D eigenvalue weighted by molar-refractivity contribution is 6.40. The Kier molecular flexibility index (Phi) is 6.89. The van der Waals surface area contributed by atoms with E-state index in [1.807, 2.05) is 66.2 Å². The molecule has 1 saturated heterocycles. The van der Waals surface area contributed by atoms with Gasteiger partial charge in [-0.05, 0) is 49.4 Å². The third-order valence-corrected chi connectivity index (χ3v) is 6.53. The van der Waals surface area contributed by atoms with Crippen LogP contribution < -0.4 is 19.7 Å². The summed E-state index contributed by atoms with van der Waals surface area (Å²) in [5, 5.41) is 3.33. The number of amides is 4. The molecule has 1 fully saturated rings. The van der Waals surface area contributed by atoms with Gasteiger partial charge in [0.2, 0.25) is 0 Å². The number of anilines is 1. The van der Waals surface area contributed by atoms with E-state index < -0.39 is 17.8 Å². The molecule has 0 bridgehead atoms. The Morgan fingerprint density at radius 3 is 2.50 bits per heavy atom. The highest BCUT2D eigenvalue weighted by Crippen LogP contribution is 2.31. The maximum Gasteiger partial charge on any atom is 0.335 e. The van der Waals surface area contributed by atoms with Crippen molar-refractivity contribution in [3.8, 4) is 11.5 Å². The lowest BCUT2D eigenvalue weighted by atomic mass is 10.1. The molecule has 1 aliphatic rings. The number of urea groups is 1. The summed E-state index contributed by atoms with van der Waals surface area (Å²) in [6.45, 7) is 2.99. The van der Waals surface area contributed by atoms with Crippen LogP contribution >= 0.6 is 11.6 Å². The lowest BCUT2D eigenvalue weighted by Gasteiger charge is -2.26. The summed E-state index contributed by atoms with van der Waals surface area (Å²) in [6, 6.07) is 19.2. The zero-order valence-corrected chi connectivity index (χ0v) is 21.5. The highest BCUT2D eigenvalue weighted by atomic mass is 35.5. The van der Waals surface area contributed by atoms with Gasteiger partial charge >= 0.3 is 6.03 Å². The number of hydrogen-bond donors (Lipinski definition) is 1. The van der Waals surface area contributed by atoms with Crippen LogP contribution in [0.4, 0.5) is 10.5 Å². The number of fused-ring (bicyclic) bond motifs is 1. The average molecular weight is 530 g/mol. The lowest BCUT2D eigenvalue weighted by Crippen LogP contribution is -2.54. The molecular weight excluding hydrogens is 506 g/mol. The summed E-state index contributed by atoms with van der Waals surface area (Å²) < 4.78 is 13.0. The number of aromatic nitrogens is 1. The van der Waals surface area contributed by atoms with E-state index in [4.69, 9.17) is 21.1 Å². The molecular formula is C29H24ClN3O5. The minimum absolute atomic E-state index is 0.171. The van der Waals surface area contributed by atoms with E-state index in [1.54, 1.807) is 6.07 Å². The molecule has 0 aliphatic carbocycles. The first-order valence-electron chi connectivity index (χ1n) is 11.9. The van der Waals surface area contributed by atoms with Crippen molar-refractivity contribution in [2.45, 2.75) is 13.5 Å². The van der Waals surface area contributed by atoms with Gasteiger partial charge in [0.15, 0.2) is 0 Å². The van der Waals surface area contributed by atoms with E-state index in [1.165, 1.54) is 25.3 Å². The van der Waals surface area contributed by atoms with Crippen molar-refractivity contribution in [3.63, 3.8) is 0 Å². The first-order chi connectivity index (χ1) is 18.4. The number of carbonyl (C=O) groups excluding carboxylic acids is 3. The number of rotatable bonds is 7. The Bertz CT molecular complexity index is 1590. The second-order valence-electron chi connectivity index (χ2n) is 8.73. The molecule has 1 N–H and O–H groups in total. The Morgan fingerprint density at radius 2 is 1.76 bits per heavy atom. The topological polar surface area (TPSA) is 89.9 Å². The molecule has 0 saturated carbocycles. The van der Waals surface area contributed by atoms with Gasteiger partial charge in [-0.15, -0.1) is 0 Å². The van der Waals surface area contributed by atoms with Crippen LogP contribution in [0, 0.1) is 6.92 Å². The maximum atomic E-state index is 13.4. The number of aryl methyl sites for hydroxylation is 1. The van der Waals surface area contributed by atoms with Crippen molar-refractivity contribution in [1.82, 2.24) is 9.88 Å². The fraction of sp³-hybridized carbons (Fsp3) is 0.138. The molecule has 2 heterocycles. The molecule has 4 amide bonds. The molecule has 1 aromatic heterocycles. The predicted octanol–water partition coefficient (Wildman–Crippen LogP) is 5.36. The van der Waals surface area contributed by atoms with Gasteiger partial charge in [-0.25, -0.2) is 9.69 Å². The number of imide groups is 2. The van der Waals surface area contributed by atoms with E-state index in [2.05, 4.69) is 5.32 Å². The maximum absolute atomic E-state index is 13.4. The van der Waals surface area contributed by atoms with Gasteiger partial charge < -0.3 is 14.0 Å². The molecule has 0 unspecified atom stereocenters. The van der Waals surface area contributed by atoms with Crippen molar-refractivity contribution in [2.75, 3.05) is 18.6 Å². The molecule has 9 heteroatoms. The number of barbiturate groups is 1. The summed E-state index contributed by atoms with van der Waals surface area (Å²) in [6.07, 6.45) is 3.36. The molecule has 0 atom stereocenters. The van der Waals surface area contributed by atoms with E-state index in [-0.39, 0.29) is 16.3 Å². The van der Waals surface area contributed by atoms with Crippen LogP contribution in [-0.2, 0) is 16.1 Å². The van der Waals surface area contributed by atoms with Gasteiger partial charge in [-0.1, -0.05) is 47.5 Å². The van der Waals surface area contributed by atoms with Gasteiger partial charge in [-0.3, -0.25) is 14.9 Å². The molecule has 38 heavy (non-hydrogen) atoms. The van der Waals surface area contributed by atoms with Crippen LogP contribution in [0.25, 0.3) is 17.0 Å². The zero-order valence-electron chi connectivity index (χ0n) is 20.7. The van der Waals surface area contributed by atoms with Gasteiger partial charge in [0.05, 0.1) is 24.4 Å².